The second-order valence-electron chi connectivity index (χ2n) is 3.13. The van der Waals surface area contributed by atoms with E-state index in [0.29, 0.717) is 6.54 Å². The highest BCUT2D eigenvalue weighted by atomic mass is 16.5. The number of nitrogens with two attached hydrogens (primary N) is 1. The molecular formula is C9H12BNO. The zero-order chi connectivity index (χ0) is 8.55. The summed E-state index contributed by atoms with van der Waals surface area (Å²) in [5.41, 5.74) is 8.13. The Bertz CT molecular complexity index is 290. The Labute approximate surface area is 72.8 Å². The first-order valence-corrected chi connectivity index (χ1v) is 4.27. The van der Waals surface area contributed by atoms with Gasteiger partial charge >= 0.3 is 6.92 Å². The summed E-state index contributed by atoms with van der Waals surface area (Å²) < 4.78 is 5.66. The zero-order valence-electron chi connectivity index (χ0n) is 7.16. The molecule has 0 aromatic heterocycles. The number of rotatable bonds is 1. The summed E-state index contributed by atoms with van der Waals surface area (Å²) >= 11 is 0. The maximum Gasteiger partial charge on any atom is 0.324 e. The van der Waals surface area contributed by atoms with E-state index in [0.717, 1.165) is 0 Å². The van der Waals surface area contributed by atoms with Crippen molar-refractivity contribution in [2.75, 3.05) is 6.54 Å². The monoisotopic (exact) mass is 161 g/mol. The molecule has 62 valence electrons. The molecule has 1 heterocycles. The van der Waals surface area contributed by atoms with E-state index >= 15 is 0 Å². The quantitative estimate of drug-likeness (QED) is 0.610. The molecule has 1 atom stereocenters. The molecule has 12 heavy (non-hydrogen) atoms. The van der Waals surface area contributed by atoms with Crippen LogP contribution in [0.2, 0.25) is 6.82 Å². The highest BCUT2D eigenvalue weighted by Crippen LogP contribution is 2.22. The van der Waals surface area contributed by atoms with Crippen LogP contribution in [0.15, 0.2) is 24.3 Å². The molecule has 0 amide bonds. The van der Waals surface area contributed by atoms with Crippen molar-refractivity contribution in [2.45, 2.75) is 12.9 Å². The van der Waals surface area contributed by atoms with Crippen molar-refractivity contribution in [3.63, 3.8) is 0 Å². The van der Waals surface area contributed by atoms with E-state index in [2.05, 4.69) is 19.0 Å². The first-order chi connectivity index (χ1) is 5.83. The molecule has 0 saturated heterocycles. The normalized spacial score (nSPS) is 21.2. The fourth-order valence-electron chi connectivity index (χ4n) is 1.75. The largest absolute Gasteiger partial charge is 0.423 e. The molecule has 0 fully saturated rings. The lowest BCUT2D eigenvalue weighted by molar-refractivity contribution is 0.235. The lowest BCUT2D eigenvalue weighted by Crippen LogP contribution is -2.23. The van der Waals surface area contributed by atoms with Gasteiger partial charge in [-0.2, -0.15) is 0 Å². The van der Waals surface area contributed by atoms with Gasteiger partial charge in [0.15, 0.2) is 0 Å². The highest BCUT2D eigenvalue weighted by molar-refractivity contribution is 6.67. The molecule has 0 aliphatic carbocycles. The van der Waals surface area contributed by atoms with Crippen LogP contribution in [-0.2, 0) is 4.65 Å². The number of fused-ring (bicyclic) bond motifs is 1. The molecule has 0 radical (unpaired) electrons. The molecule has 0 saturated carbocycles. The van der Waals surface area contributed by atoms with Gasteiger partial charge in [0.25, 0.3) is 0 Å². The fourth-order valence-corrected chi connectivity index (χ4v) is 1.75. The summed E-state index contributed by atoms with van der Waals surface area (Å²) in [6, 6.07) is 8.27. The summed E-state index contributed by atoms with van der Waals surface area (Å²) in [4.78, 5) is 0. The van der Waals surface area contributed by atoms with Gasteiger partial charge in [0.05, 0.1) is 6.10 Å². The number of benzene rings is 1. The van der Waals surface area contributed by atoms with E-state index in [9.17, 15) is 0 Å². The third-order valence-corrected chi connectivity index (χ3v) is 2.36. The minimum Gasteiger partial charge on any atom is -0.423 e. The highest BCUT2D eigenvalue weighted by Gasteiger charge is 2.29. The molecule has 1 aliphatic rings. The third kappa shape index (κ3) is 1.06. The average molecular weight is 161 g/mol. The van der Waals surface area contributed by atoms with E-state index in [1.807, 2.05) is 12.1 Å². The smallest absolute Gasteiger partial charge is 0.324 e. The Kier molecular flexibility index (Phi) is 1.91. The summed E-state index contributed by atoms with van der Waals surface area (Å²) in [5, 5.41) is 0. The van der Waals surface area contributed by atoms with Crippen LogP contribution < -0.4 is 11.2 Å². The SMILES string of the molecule is CB1OC(CN)c2ccccc21. The van der Waals surface area contributed by atoms with Gasteiger partial charge in [-0.05, 0) is 11.0 Å². The summed E-state index contributed by atoms with van der Waals surface area (Å²) in [7, 11) is 0. The van der Waals surface area contributed by atoms with Gasteiger partial charge in [-0.3, -0.25) is 0 Å². The van der Waals surface area contributed by atoms with Crippen LogP contribution in [0.3, 0.4) is 0 Å². The Morgan fingerprint density at radius 3 is 3.00 bits per heavy atom. The Balaban J connectivity index is 2.43. The van der Waals surface area contributed by atoms with Crippen molar-refractivity contribution in [1.82, 2.24) is 0 Å². The van der Waals surface area contributed by atoms with E-state index in [1.165, 1.54) is 11.0 Å². The van der Waals surface area contributed by atoms with Crippen LogP contribution in [0.25, 0.3) is 0 Å². The van der Waals surface area contributed by atoms with Crippen LogP contribution >= 0.6 is 0 Å². The van der Waals surface area contributed by atoms with Crippen molar-refractivity contribution in [3.8, 4) is 0 Å². The first kappa shape index (κ1) is 7.83. The van der Waals surface area contributed by atoms with E-state index in [4.69, 9.17) is 10.4 Å². The van der Waals surface area contributed by atoms with Crippen LogP contribution in [0, 0.1) is 0 Å². The van der Waals surface area contributed by atoms with Gasteiger partial charge in [0, 0.05) is 6.54 Å². The van der Waals surface area contributed by atoms with E-state index < -0.39 is 0 Å². The standard InChI is InChI=1S/C9H12BNO/c1-10-8-5-3-2-4-7(8)9(6-11)12-10/h2-5,9H,6,11H2,1H3. The van der Waals surface area contributed by atoms with Crippen LogP contribution in [-0.4, -0.2) is 13.5 Å². The number of hydrogen-bond donors (Lipinski definition) is 1. The summed E-state index contributed by atoms with van der Waals surface area (Å²) in [6.07, 6.45) is 0.108. The van der Waals surface area contributed by atoms with Gasteiger partial charge in [0.1, 0.15) is 0 Å². The second-order valence-corrected chi connectivity index (χ2v) is 3.13. The number of hydrogen-bond acceptors (Lipinski definition) is 2. The van der Waals surface area contributed by atoms with E-state index in [1.54, 1.807) is 0 Å². The van der Waals surface area contributed by atoms with Gasteiger partial charge < -0.3 is 10.4 Å². The van der Waals surface area contributed by atoms with Crippen molar-refractivity contribution in [1.29, 1.82) is 0 Å². The van der Waals surface area contributed by atoms with Crippen LogP contribution in [0.4, 0.5) is 0 Å². The zero-order valence-corrected chi connectivity index (χ0v) is 7.16. The maximum absolute atomic E-state index is 5.66. The second kappa shape index (κ2) is 2.92. The molecule has 0 bridgehead atoms. The predicted molar refractivity (Wildman–Crippen MR) is 50.6 cm³/mol. The minimum atomic E-state index is 0.108. The van der Waals surface area contributed by atoms with Crippen LogP contribution in [0.1, 0.15) is 11.7 Å². The predicted octanol–water partition coefficient (Wildman–Crippen LogP) is 0.545. The minimum absolute atomic E-state index is 0.108. The molecule has 3 heteroatoms. The third-order valence-electron chi connectivity index (χ3n) is 2.36. The Morgan fingerprint density at radius 2 is 2.25 bits per heavy atom. The first-order valence-electron chi connectivity index (χ1n) is 4.27. The summed E-state index contributed by atoms with van der Waals surface area (Å²) in [5.74, 6) is 0. The molecule has 2 nitrogen and oxygen atoms in total. The van der Waals surface area contributed by atoms with Crippen molar-refractivity contribution >= 4 is 12.4 Å². The van der Waals surface area contributed by atoms with Crippen molar-refractivity contribution in [2.24, 2.45) is 5.73 Å². The molecule has 1 unspecified atom stereocenters. The van der Waals surface area contributed by atoms with Gasteiger partial charge in [-0.25, -0.2) is 0 Å². The molecule has 2 rings (SSSR count). The summed E-state index contributed by atoms with van der Waals surface area (Å²) in [6.45, 7) is 2.84. The van der Waals surface area contributed by atoms with Crippen LogP contribution in [0.5, 0.6) is 0 Å². The van der Waals surface area contributed by atoms with Gasteiger partial charge in [-0.15, -0.1) is 0 Å². The fraction of sp³-hybridized carbons (Fsp3) is 0.333. The lowest BCUT2D eigenvalue weighted by atomic mass is 9.64. The molecule has 2 N–H and O–H groups in total. The molecular weight excluding hydrogens is 149 g/mol. The maximum atomic E-state index is 5.66. The molecule has 1 aliphatic heterocycles. The lowest BCUT2D eigenvalue weighted by Gasteiger charge is -2.08. The van der Waals surface area contributed by atoms with Crippen molar-refractivity contribution < 1.29 is 4.65 Å². The van der Waals surface area contributed by atoms with Gasteiger partial charge in [-0.1, -0.05) is 31.1 Å². The molecule has 0 spiro atoms. The molecule has 1 aromatic carbocycles. The topological polar surface area (TPSA) is 35.2 Å². The van der Waals surface area contributed by atoms with Gasteiger partial charge in [0.2, 0.25) is 0 Å². The molecule has 1 aromatic rings. The Morgan fingerprint density at radius 1 is 1.50 bits per heavy atom. The van der Waals surface area contributed by atoms with E-state index in [-0.39, 0.29) is 13.0 Å². The average Bonchev–Trinajstić information content (AvgIpc) is 2.44. The van der Waals surface area contributed by atoms with Crippen molar-refractivity contribution in [3.05, 3.63) is 29.8 Å². The Hall–Kier alpha value is -0.795.